The summed E-state index contributed by atoms with van der Waals surface area (Å²) in [5, 5.41) is 3.44. The molecule has 2 N–H and O–H groups in total. The van der Waals surface area contributed by atoms with Gasteiger partial charge in [-0.15, -0.1) is 0 Å². The molecule has 0 saturated carbocycles. The SMILES string of the molecule is O=C(COc1ccc(S(=O)(=O)Nc2ccc(Cl)cc2)cc1Cl)Nc1ccc(Cl)cc1C(=O)c1ccccc1. The van der Waals surface area contributed by atoms with E-state index in [1.165, 1.54) is 42.5 Å². The predicted octanol–water partition coefficient (Wildman–Crippen LogP) is 6.70. The van der Waals surface area contributed by atoms with Crippen LogP contribution in [-0.4, -0.2) is 26.7 Å². The van der Waals surface area contributed by atoms with Crippen LogP contribution in [0.4, 0.5) is 11.4 Å². The third-order valence-corrected chi connectivity index (χ3v) is 7.37. The summed E-state index contributed by atoms with van der Waals surface area (Å²) in [6.07, 6.45) is 0. The lowest BCUT2D eigenvalue weighted by atomic mass is 10.0. The number of rotatable bonds is 9. The summed E-state index contributed by atoms with van der Waals surface area (Å²) >= 11 is 18.1. The number of hydrogen-bond acceptors (Lipinski definition) is 5. The molecule has 194 valence electrons. The van der Waals surface area contributed by atoms with Crippen molar-refractivity contribution < 1.29 is 22.7 Å². The Morgan fingerprint density at radius 2 is 1.47 bits per heavy atom. The molecule has 0 aromatic heterocycles. The molecule has 0 aliphatic rings. The lowest BCUT2D eigenvalue weighted by Gasteiger charge is -2.13. The molecular formula is C27H19Cl3N2O5S. The van der Waals surface area contributed by atoms with E-state index in [1.807, 2.05) is 0 Å². The molecule has 0 heterocycles. The number of nitrogens with one attached hydrogen (secondary N) is 2. The summed E-state index contributed by atoms with van der Waals surface area (Å²) in [7, 11) is -3.93. The predicted molar refractivity (Wildman–Crippen MR) is 149 cm³/mol. The van der Waals surface area contributed by atoms with E-state index >= 15 is 0 Å². The second kappa shape index (κ2) is 11.9. The molecule has 4 aromatic rings. The van der Waals surface area contributed by atoms with Crippen LogP contribution >= 0.6 is 34.8 Å². The number of sulfonamides is 1. The van der Waals surface area contributed by atoms with Gasteiger partial charge in [0.1, 0.15) is 5.75 Å². The summed E-state index contributed by atoms with van der Waals surface area (Å²) in [5.41, 5.74) is 1.25. The Morgan fingerprint density at radius 1 is 0.789 bits per heavy atom. The van der Waals surface area contributed by atoms with E-state index in [2.05, 4.69) is 10.0 Å². The van der Waals surface area contributed by atoms with Crippen LogP contribution in [0, 0.1) is 0 Å². The number of carbonyl (C=O) groups excluding carboxylic acids is 2. The van der Waals surface area contributed by atoms with E-state index in [0.29, 0.717) is 21.3 Å². The van der Waals surface area contributed by atoms with Crippen molar-refractivity contribution in [3.63, 3.8) is 0 Å². The van der Waals surface area contributed by atoms with Crippen LogP contribution in [0.25, 0.3) is 0 Å². The number of halogens is 3. The number of benzene rings is 4. The molecule has 1 amide bonds. The molecule has 0 fully saturated rings. The minimum atomic E-state index is -3.93. The maximum absolute atomic E-state index is 12.9. The van der Waals surface area contributed by atoms with Crippen molar-refractivity contribution in [3.05, 3.63) is 117 Å². The van der Waals surface area contributed by atoms with E-state index < -0.39 is 22.5 Å². The number of amides is 1. The van der Waals surface area contributed by atoms with Gasteiger partial charge in [-0.25, -0.2) is 8.42 Å². The Hall–Kier alpha value is -3.56. The molecule has 38 heavy (non-hydrogen) atoms. The van der Waals surface area contributed by atoms with Crippen molar-refractivity contribution in [2.24, 2.45) is 0 Å². The van der Waals surface area contributed by atoms with Gasteiger partial charge in [-0.2, -0.15) is 0 Å². The van der Waals surface area contributed by atoms with E-state index in [4.69, 9.17) is 39.5 Å². The number of anilines is 2. The second-order valence-corrected chi connectivity index (χ2v) is 10.9. The summed E-state index contributed by atoms with van der Waals surface area (Å²) in [6.45, 7) is -0.448. The van der Waals surface area contributed by atoms with Gasteiger partial charge in [-0.1, -0.05) is 65.1 Å². The molecule has 0 unspecified atom stereocenters. The topological polar surface area (TPSA) is 102 Å². The molecule has 0 saturated heterocycles. The zero-order chi connectivity index (χ0) is 27.3. The monoisotopic (exact) mass is 588 g/mol. The third-order valence-electron chi connectivity index (χ3n) is 5.21. The fourth-order valence-corrected chi connectivity index (χ4v) is 5.07. The molecule has 4 aromatic carbocycles. The van der Waals surface area contributed by atoms with Crippen LogP contribution in [0.3, 0.4) is 0 Å². The first-order chi connectivity index (χ1) is 18.1. The van der Waals surface area contributed by atoms with E-state index in [0.717, 1.165) is 0 Å². The molecule has 0 aliphatic heterocycles. The zero-order valence-electron chi connectivity index (χ0n) is 19.5. The lowest BCUT2D eigenvalue weighted by Crippen LogP contribution is -2.22. The van der Waals surface area contributed by atoms with Crippen LogP contribution in [0.15, 0.2) is 95.9 Å². The molecule has 0 spiro atoms. The highest BCUT2D eigenvalue weighted by molar-refractivity contribution is 7.92. The molecule has 4 rings (SSSR count). The van der Waals surface area contributed by atoms with Gasteiger partial charge < -0.3 is 10.1 Å². The first kappa shape index (κ1) is 27.5. The number of ketones is 1. The van der Waals surface area contributed by atoms with Crippen LogP contribution in [-0.2, 0) is 14.8 Å². The second-order valence-electron chi connectivity index (χ2n) is 7.93. The number of carbonyl (C=O) groups is 2. The number of hydrogen-bond donors (Lipinski definition) is 2. The van der Waals surface area contributed by atoms with Crippen molar-refractivity contribution in [2.45, 2.75) is 4.90 Å². The van der Waals surface area contributed by atoms with Crippen molar-refractivity contribution >= 4 is 67.9 Å². The Balaban J connectivity index is 1.43. The van der Waals surface area contributed by atoms with Crippen molar-refractivity contribution in [1.82, 2.24) is 0 Å². The minimum Gasteiger partial charge on any atom is -0.482 e. The van der Waals surface area contributed by atoms with Gasteiger partial charge >= 0.3 is 0 Å². The molecular weight excluding hydrogens is 571 g/mol. The molecule has 0 atom stereocenters. The average Bonchev–Trinajstić information content (AvgIpc) is 2.90. The molecule has 11 heteroatoms. The summed E-state index contributed by atoms with van der Waals surface area (Å²) in [4.78, 5) is 25.5. The number of ether oxygens (including phenoxy) is 1. The maximum Gasteiger partial charge on any atom is 0.262 e. The Morgan fingerprint density at radius 3 is 2.16 bits per heavy atom. The maximum atomic E-state index is 12.9. The van der Waals surface area contributed by atoms with Crippen LogP contribution in [0.2, 0.25) is 15.1 Å². The van der Waals surface area contributed by atoms with Gasteiger partial charge in [0.05, 0.1) is 15.6 Å². The fourth-order valence-electron chi connectivity index (χ4n) is 3.39. The zero-order valence-corrected chi connectivity index (χ0v) is 22.5. The summed E-state index contributed by atoms with van der Waals surface area (Å²) < 4.78 is 33.3. The van der Waals surface area contributed by atoms with E-state index in [9.17, 15) is 18.0 Å². The first-order valence-electron chi connectivity index (χ1n) is 11.0. The first-order valence-corrected chi connectivity index (χ1v) is 13.6. The van der Waals surface area contributed by atoms with E-state index in [-0.39, 0.29) is 32.7 Å². The largest absolute Gasteiger partial charge is 0.482 e. The third kappa shape index (κ3) is 6.85. The van der Waals surface area contributed by atoms with E-state index in [1.54, 1.807) is 48.5 Å². The van der Waals surface area contributed by atoms with Gasteiger partial charge in [0.2, 0.25) is 0 Å². The molecule has 0 bridgehead atoms. The van der Waals surface area contributed by atoms with Gasteiger partial charge in [-0.05, 0) is 60.7 Å². The van der Waals surface area contributed by atoms with Gasteiger partial charge in [0.25, 0.3) is 15.9 Å². The Kier molecular flexibility index (Phi) is 8.58. The minimum absolute atomic E-state index is 0.0109. The highest BCUT2D eigenvalue weighted by atomic mass is 35.5. The van der Waals surface area contributed by atoms with Crippen LogP contribution in [0.5, 0.6) is 5.75 Å². The van der Waals surface area contributed by atoms with Crippen molar-refractivity contribution in [2.75, 3.05) is 16.6 Å². The molecule has 7 nitrogen and oxygen atoms in total. The van der Waals surface area contributed by atoms with Crippen molar-refractivity contribution in [1.29, 1.82) is 0 Å². The van der Waals surface area contributed by atoms with Gasteiger partial charge in [0, 0.05) is 26.9 Å². The van der Waals surface area contributed by atoms with Crippen LogP contribution in [0.1, 0.15) is 15.9 Å². The summed E-state index contributed by atoms with van der Waals surface area (Å²) in [5.74, 6) is -0.771. The molecule has 0 aliphatic carbocycles. The summed E-state index contributed by atoms with van der Waals surface area (Å²) in [6, 6.07) is 23.1. The highest BCUT2D eigenvalue weighted by Crippen LogP contribution is 2.29. The normalized spacial score (nSPS) is 11.0. The van der Waals surface area contributed by atoms with Crippen molar-refractivity contribution in [3.8, 4) is 5.75 Å². The fraction of sp³-hybridized carbons (Fsp3) is 0.0370. The van der Waals surface area contributed by atoms with Gasteiger partial charge in [0.15, 0.2) is 12.4 Å². The smallest absolute Gasteiger partial charge is 0.262 e. The standard InChI is InChI=1S/C27H19Cl3N2O5S/c28-18-6-9-20(10-7-18)32-38(35,36)21-11-13-25(23(30)15-21)37-16-26(33)31-24-12-8-19(29)14-22(24)27(34)17-4-2-1-3-5-17/h1-15,32H,16H2,(H,31,33). The van der Waals surface area contributed by atoms with Gasteiger partial charge in [-0.3, -0.25) is 14.3 Å². The Bertz CT molecular complexity index is 1600. The average molecular weight is 590 g/mol. The van der Waals surface area contributed by atoms with Crippen LogP contribution < -0.4 is 14.8 Å². The highest BCUT2D eigenvalue weighted by Gasteiger charge is 2.19. The lowest BCUT2D eigenvalue weighted by molar-refractivity contribution is -0.118. The Labute approximate surface area is 234 Å². The quantitative estimate of drug-likeness (QED) is 0.212. The molecule has 0 radical (unpaired) electrons.